The van der Waals surface area contributed by atoms with Crippen molar-refractivity contribution < 1.29 is 24.6 Å². The second-order valence-electron chi connectivity index (χ2n) is 3.40. The summed E-state index contributed by atoms with van der Waals surface area (Å²) in [6.07, 6.45) is -0.442. The smallest absolute Gasteiger partial charge is 0.323 e. The molecule has 0 unspecified atom stereocenters. The van der Waals surface area contributed by atoms with Crippen molar-refractivity contribution in [3.63, 3.8) is 0 Å². The standard InChI is InChI=1S/C9H15NO5/c1-6(2)10(5-9(14)15)7(11)3-4-8(12)13/h6H,3-5H2,1-2H3,(H,12,13)(H,14,15). The number of amides is 1. The second kappa shape index (κ2) is 6.00. The van der Waals surface area contributed by atoms with E-state index in [1.807, 2.05) is 0 Å². The lowest BCUT2D eigenvalue weighted by Crippen LogP contribution is -2.40. The molecule has 86 valence electrons. The zero-order valence-electron chi connectivity index (χ0n) is 8.77. The molecule has 6 nitrogen and oxygen atoms in total. The molecule has 0 aliphatic rings. The fourth-order valence-corrected chi connectivity index (χ4v) is 1.06. The van der Waals surface area contributed by atoms with E-state index in [0.29, 0.717) is 0 Å². The molecule has 0 bridgehead atoms. The summed E-state index contributed by atoms with van der Waals surface area (Å²) in [5, 5.41) is 16.9. The zero-order valence-corrected chi connectivity index (χ0v) is 8.77. The van der Waals surface area contributed by atoms with E-state index in [9.17, 15) is 14.4 Å². The molecule has 0 aromatic rings. The van der Waals surface area contributed by atoms with E-state index in [1.165, 1.54) is 0 Å². The van der Waals surface area contributed by atoms with Crippen molar-refractivity contribution in [2.45, 2.75) is 32.7 Å². The van der Waals surface area contributed by atoms with Crippen molar-refractivity contribution in [2.24, 2.45) is 0 Å². The molecule has 2 N–H and O–H groups in total. The number of carbonyl (C=O) groups excluding carboxylic acids is 1. The molecular weight excluding hydrogens is 202 g/mol. The van der Waals surface area contributed by atoms with Crippen molar-refractivity contribution in [1.29, 1.82) is 0 Å². The van der Waals surface area contributed by atoms with Crippen LogP contribution < -0.4 is 0 Å². The quantitative estimate of drug-likeness (QED) is 0.661. The van der Waals surface area contributed by atoms with Gasteiger partial charge in [-0.1, -0.05) is 0 Å². The van der Waals surface area contributed by atoms with Gasteiger partial charge in [0, 0.05) is 12.5 Å². The SMILES string of the molecule is CC(C)N(CC(=O)O)C(=O)CCC(=O)O. The van der Waals surface area contributed by atoms with Crippen LogP contribution in [0.15, 0.2) is 0 Å². The van der Waals surface area contributed by atoms with Crippen LogP contribution in [0, 0.1) is 0 Å². The minimum absolute atomic E-state index is 0.166. The average Bonchev–Trinajstić information content (AvgIpc) is 2.09. The summed E-state index contributed by atoms with van der Waals surface area (Å²) in [7, 11) is 0. The van der Waals surface area contributed by atoms with Gasteiger partial charge in [-0.2, -0.15) is 0 Å². The van der Waals surface area contributed by atoms with E-state index in [4.69, 9.17) is 10.2 Å². The zero-order chi connectivity index (χ0) is 12.0. The van der Waals surface area contributed by atoms with Crippen LogP contribution in [0.3, 0.4) is 0 Å². The van der Waals surface area contributed by atoms with Gasteiger partial charge in [0.2, 0.25) is 5.91 Å². The number of rotatable bonds is 6. The lowest BCUT2D eigenvalue weighted by molar-refractivity contribution is -0.147. The minimum atomic E-state index is -1.10. The first-order chi connectivity index (χ1) is 6.84. The summed E-state index contributed by atoms with van der Waals surface area (Å²) in [6, 6.07) is -0.248. The Morgan fingerprint density at radius 2 is 1.60 bits per heavy atom. The molecule has 0 aliphatic carbocycles. The topological polar surface area (TPSA) is 94.9 Å². The molecule has 0 atom stereocenters. The molecular formula is C9H15NO5. The summed E-state index contributed by atoms with van der Waals surface area (Å²) in [5.74, 6) is -2.62. The Hall–Kier alpha value is -1.59. The second-order valence-corrected chi connectivity index (χ2v) is 3.40. The summed E-state index contributed by atoms with van der Waals surface area (Å²) in [5.41, 5.74) is 0. The molecule has 0 spiro atoms. The molecule has 0 saturated heterocycles. The third-order valence-corrected chi connectivity index (χ3v) is 1.80. The van der Waals surface area contributed by atoms with E-state index in [0.717, 1.165) is 4.90 Å². The number of carboxylic acid groups (broad SMARTS) is 2. The highest BCUT2D eigenvalue weighted by Gasteiger charge is 2.19. The Morgan fingerprint density at radius 1 is 1.07 bits per heavy atom. The van der Waals surface area contributed by atoms with Crippen LogP contribution in [0.5, 0.6) is 0 Å². The van der Waals surface area contributed by atoms with Crippen LogP contribution in [0.25, 0.3) is 0 Å². The van der Waals surface area contributed by atoms with Crippen molar-refractivity contribution in [1.82, 2.24) is 4.90 Å². The number of hydrogen-bond donors (Lipinski definition) is 2. The van der Waals surface area contributed by atoms with Gasteiger partial charge >= 0.3 is 11.9 Å². The molecule has 0 aromatic carbocycles. The minimum Gasteiger partial charge on any atom is -0.481 e. The van der Waals surface area contributed by atoms with Gasteiger partial charge in [-0.15, -0.1) is 0 Å². The Labute approximate surface area is 87.5 Å². The van der Waals surface area contributed by atoms with E-state index < -0.39 is 24.4 Å². The predicted molar refractivity (Wildman–Crippen MR) is 51.4 cm³/mol. The Kier molecular flexibility index (Phi) is 5.36. The highest BCUT2D eigenvalue weighted by molar-refractivity contribution is 5.84. The first-order valence-corrected chi connectivity index (χ1v) is 4.57. The van der Waals surface area contributed by atoms with Gasteiger partial charge < -0.3 is 15.1 Å². The largest absolute Gasteiger partial charge is 0.481 e. The van der Waals surface area contributed by atoms with Gasteiger partial charge in [0.25, 0.3) is 0 Å². The monoisotopic (exact) mass is 217 g/mol. The molecule has 15 heavy (non-hydrogen) atoms. The predicted octanol–water partition coefficient (Wildman–Crippen LogP) is 0.173. The normalized spacial score (nSPS) is 10.1. The first kappa shape index (κ1) is 13.4. The van der Waals surface area contributed by atoms with Gasteiger partial charge in [-0.05, 0) is 13.8 Å². The molecule has 0 saturated carbocycles. The molecule has 0 fully saturated rings. The first-order valence-electron chi connectivity index (χ1n) is 4.57. The van der Waals surface area contributed by atoms with E-state index >= 15 is 0 Å². The highest BCUT2D eigenvalue weighted by atomic mass is 16.4. The number of hydrogen-bond acceptors (Lipinski definition) is 3. The number of aliphatic carboxylic acids is 2. The highest BCUT2D eigenvalue weighted by Crippen LogP contribution is 2.03. The number of nitrogens with zero attached hydrogens (tertiary/aromatic N) is 1. The fraction of sp³-hybridized carbons (Fsp3) is 0.667. The summed E-state index contributed by atoms with van der Waals surface area (Å²) >= 11 is 0. The maximum absolute atomic E-state index is 11.4. The lowest BCUT2D eigenvalue weighted by atomic mass is 10.2. The van der Waals surface area contributed by atoms with Crippen molar-refractivity contribution in [3.05, 3.63) is 0 Å². The van der Waals surface area contributed by atoms with Crippen molar-refractivity contribution in [2.75, 3.05) is 6.54 Å². The summed E-state index contributed by atoms with van der Waals surface area (Å²) in [4.78, 5) is 33.2. The summed E-state index contributed by atoms with van der Waals surface area (Å²) < 4.78 is 0. The van der Waals surface area contributed by atoms with Crippen LogP contribution >= 0.6 is 0 Å². The summed E-state index contributed by atoms with van der Waals surface area (Å²) in [6.45, 7) is 2.97. The maximum atomic E-state index is 11.4. The van der Waals surface area contributed by atoms with E-state index in [2.05, 4.69) is 0 Å². The third kappa shape index (κ3) is 5.66. The maximum Gasteiger partial charge on any atom is 0.323 e. The average molecular weight is 217 g/mol. The van der Waals surface area contributed by atoms with Crippen LogP contribution in [-0.2, 0) is 14.4 Å². The van der Waals surface area contributed by atoms with Crippen LogP contribution in [0.1, 0.15) is 26.7 Å². The van der Waals surface area contributed by atoms with Crippen LogP contribution in [-0.4, -0.2) is 45.5 Å². The van der Waals surface area contributed by atoms with Gasteiger partial charge in [0.15, 0.2) is 0 Å². The number of carbonyl (C=O) groups is 3. The van der Waals surface area contributed by atoms with Gasteiger partial charge in [0.1, 0.15) is 6.54 Å². The Morgan fingerprint density at radius 3 is 1.93 bits per heavy atom. The molecule has 0 radical (unpaired) electrons. The molecule has 0 rings (SSSR count). The lowest BCUT2D eigenvalue weighted by Gasteiger charge is -2.24. The molecule has 0 heterocycles. The van der Waals surface area contributed by atoms with Gasteiger partial charge in [-0.3, -0.25) is 14.4 Å². The van der Waals surface area contributed by atoms with Gasteiger partial charge in [0.05, 0.1) is 6.42 Å². The van der Waals surface area contributed by atoms with E-state index in [-0.39, 0.29) is 18.9 Å². The third-order valence-electron chi connectivity index (χ3n) is 1.80. The fourth-order valence-electron chi connectivity index (χ4n) is 1.06. The van der Waals surface area contributed by atoms with E-state index in [1.54, 1.807) is 13.8 Å². The molecule has 0 aliphatic heterocycles. The Bertz CT molecular complexity index is 261. The Balaban J connectivity index is 4.29. The van der Waals surface area contributed by atoms with Crippen molar-refractivity contribution in [3.8, 4) is 0 Å². The molecule has 1 amide bonds. The molecule has 0 aromatic heterocycles. The van der Waals surface area contributed by atoms with Gasteiger partial charge in [-0.25, -0.2) is 0 Å². The molecule has 6 heteroatoms. The van der Waals surface area contributed by atoms with Crippen molar-refractivity contribution >= 4 is 17.8 Å². The van der Waals surface area contributed by atoms with Crippen LogP contribution in [0.4, 0.5) is 0 Å². The number of carboxylic acids is 2. The van der Waals surface area contributed by atoms with Crippen LogP contribution in [0.2, 0.25) is 0 Å².